The Hall–Kier alpha value is -4.32. The third-order valence-electron chi connectivity index (χ3n) is 11.5. The molecular formula is C42H50F6N4O4S. The van der Waals surface area contributed by atoms with Crippen LogP contribution in [-0.2, 0) is 22.6 Å². The van der Waals surface area contributed by atoms with E-state index in [1.807, 2.05) is 24.3 Å². The van der Waals surface area contributed by atoms with Gasteiger partial charge in [0.2, 0.25) is 5.60 Å². The van der Waals surface area contributed by atoms with Gasteiger partial charge in [-0.15, -0.1) is 11.3 Å². The van der Waals surface area contributed by atoms with E-state index in [4.69, 9.17) is 9.47 Å². The molecule has 0 N–H and O–H groups in total. The molecule has 2 aliphatic rings. The quantitative estimate of drug-likeness (QED) is 0.119. The van der Waals surface area contributed by atoms with E-state index in [9.17, 15) is 36.4 Å². The third-order valence-corrected chi connectivity index (χ3v) is 12.4. The van der Waals surface area contributed by atoms with Gasteiger partial charge in [-0.05, 0) is 68.6 Å². The van der Waals surface area contributed by atoms with Crippen molar-refractivity contribution in [1.29, 1.82) is 5.26 Å². The fourth-order valence-corrected chi connectivity index (χ4v) is 9.08. The lowest BCUT2D eigenvalue weighted by atomic mass is 9.72. The van der Waals surface area contributed by atoms with Gasteiger partial charge >= 0.3 is 12.4 Å². The van der Waals surface area contributed by atoms with Crippen LogP contribution in [0.2, 0.25) is 0 Å². The lowest BCUT2D eigenvalue weighted by Crippen LogP contribution is -2.68. The first kappa shape index (κ1) is 43.8. The van der Waals surface area contributed by atoms with Gasteiger partial charge in [-0.3, -0.25) is 14.6 Å². The smallest absolute Gasteiger partial charge is 0.425 e. The standard InChI is InChI=1S/C42H50F6N4O4S/c1-5-12-34-40(56-30-25-35(57-26-30)42(46,47)48,17-11-21-52(34)37(53)36-32(41(43,44)45)15-9-20-50-36)38(54)51-22-18-39(27-49,19-23-51)31-14-7-8-16-33(31)55-24-10-13-29(6-2)28(3)4/h7-9,14-16,20,25-26,28-29,34H,5-6,10-13,17-19,21-24H2,1-4H3/t29-,34+,40-/m0/s1. The van der Waals surface area contributed by atoms with Gasteiger partial charge in [-0.1, -0.05) is 58.7 Å². The minimum Gasteiger partial charge on any atom is -0.493 e. The van der Waals surface area contributed by atoms with E-state index in [1.54, 1.807) is 6.92 Å². The van der Waals surface area contributed by atoms with Gasteiger partial charge in [0, 0.05) is 49.3 Å². The number of ether oxygens (including phenoxy) is 2. The molecule has 0 aliphatic carbocycles. The van der Waals surface area contributed by atoms with Crippen LogP contribution in [0.4, 0.5) is 26.3 Å². The maximum absolute atomic E-state index is 15.0. The normalized spacial score (nSPS) is 20.6. The minimum absolute atomic E-state index is 0.0158. The number of benzene rings is 1. The molecule has 0 bridgehead atoms. The van der Waals surface area contributed by atoms with Gasteiger partial charge in [-0.25, -0.2) is 0 Å². The van der Waals surface area contributed by atoms with Crippen LogP contribution < -0.4 is 9.47 Å². The molecule has 0 spiro atoms. The number of halogens is 6. The highest BCUT2D eigenvalue weighted by Crippen LogP contribution is 2.45. The summed E-state index contributed by atoms with van der Waals surface area (Å²) in [5.41, 5.74) is -4.36. The molecular weight excluding hydrogens is 771 g/mol. The number of carbonyl (C=O) groups excluding carboxylic acids is 2. The molecule has 1 aromatic carbocycles. The highest BCUT2D eigenvalue weighted by atomic mass is 32.1. The van der Waals surface area contributed by atoms with Crippen LogP contribution in [-0.4, -0.2) is 64.5 Å². The number of piperidine rings is 2. The zero-order valence-electron chi connectivity index (χ0n) is 32.7. The summed E-state index contributed by atoms with van der Waals surface area (Å²) in [5, 5.41) is 11.8. The second kappa shape index (κ2) is 18.1. The van der Waals surface area contributed by atoms with Crippen LogP contribution in [0.3, 0.4) is 0 Å². The zero-order valence-corrected chi connectivity index (χ0v) is 33.5. The summed E-state index contributed by atoms with van der Waals surface area (Å²) in [7, 11) is 0. The van der Waals surface area contributed by atoms with Gasteiger partial charge in [0.25, 0.3) is 11.8 Å². The highest BCUT2D eigenvalue weighted by molar-refractivity contribution is 7.10. The van der Waals surface area contributed by atoms with Crippen molar-refractivity contribution in [3.63, 3.8) is 0 Å². The predicted molar refractivity (Wildman–Crippen MR) is 204 cm³/mol. The summed E-state index contributed by atoms with van der Waals surface area (Å²) in [6, 6.07) is 11.3. The number of pyridine rings is 1. The fourth-order valence-electron chi connectivity index (χ4n) is 8.40. The number of aromatic nitrogens is 1. The molecule has 8 nitrogen and oxygen atoms in total. The van der Waals surface area contributed by atoms with Gasteiger partial charge in [-0.2, -0.15) is 31.6 Å². The highest BCUT2D eigenvalue weighted by Gasteiger charge is 2.57. The second-order valence-corrected chi connectivity index (χ2v) is 16.2. The van der Waals surface area contributed by atoms with Crippen LogP contribution in [0.5, 0.6) is 11.5 Å². The van der Waals surface area contributed by atoms with E-state index in [0.717, 1.165) is 49.0 Å². The Kier molecular flexibility index (Phi) is 13.9. The van der Waals surface area contributed by atoms with E-state index in [1.165, 1.54) is 9.80 Å². The Morgan fingerprint density at radius 1 is 1.02 bits per heavy atom. The van der Waals surface area contributed by atoms with E-state index < -0.39 is 57.4 Å². The van der Waals surface area contributed by atoms with Crippen molar-refractivity contribution in [1.82, 2.24) is 14.8 Å². The summed E-state index contributed by atoms with van der Waals surface area (Å²) in [4.78, 5) is 34.7. The van der Waals surface area contributed by atoms with Crippen LogP contribution in [0.1, 0.15) is 112 Å². The number of nitriles is 1. The zero-order chi connectivity index (χ0) is 41.6. The van der Waals surface area contributed by atoms with E-state index in [2.05, 4.69) is 31.8 Å². The number of amides is 2. The maximum atomic E-state index is 15.0. The minimum atomic E-state index is -4.90. The van der Waals surface area contributed by atoms with Crippen molar-refractivity contribution in [2.24, 2.45) is 11.8 Å². The average molecular weight is 821 g/mol. The molecule has 0 unspecified atom stereocenters. The van der Waals surface area contributed by atoms with E-state index in [-0.39, 0.29) is 57.5 Å². The summed E-state index contributed by atoms with van der Waals surface area (Å²) in [6.07, 6.45) is -4.61. The van der Waals surface area contributed by atoms with E-state index >= 15 is 4.79 Å². The summed E-state index contributed by atoms with van der Waals surface area (Å²) in [5.74, 6) is -0.183. The van der Waals surface area contributed by atoms with Gasteiger partial charge < -0.3 is 19.3 Å². The van der Waals surface area contributed by atoms with Crippen LogP contribution in [0.25, 0.3) is 0 Å². The molecule has 2 aliphatic heterocycles. The Bertz CT molecular complexity index is 1880. The molecule has 5 rings (SSSR count). The number of para-hydroxylation sites is 1. The first-order valence-electron chi connectivity index (χ1n) is 19.6. The van der Waals surface area contributed by atoms with Gasteiger partial charge in [0.05, 0.1) is 29.7 Å². The van der Waals surface area contributed by atoms with Crippen LogP contribution in [0, 0.1) is 23.2 Å². The van der Waals surface area contributed by atoms with Crippen molar-refractivity contribution in [3.8, 4) is 17.6 Å². The van der Waals surface area contributed by atoms with Crippen molar-refractivity contribution < 1.29 is 45.4 Å². The molecule has 57 heavy (non-hydrogen) atoms. The van der Waals surface area contributed by atoms with Gasteiger partial charge in [0.15, 0.2) is 0 Å². The molecule has 2 aromatic heterocycles. The monoisotopic (exact) mass is 820 g/mol. The molecule has 310 valence electrons. The number of nitrogens with zero attached hydrogens (tertiary/aromatic N) is 4. The molecule has 0 saturated carbocycles. The predicted octanol–water partition coefficient (Wildman–Crippen LogP) is 10.3. The summed E-state index contributed by atoms with van der Waals surface area (Å²) < 4.78 is 96.2. The van der Waals surface area contributed by atoms with Crippen LogP contribution in [0.15, 0.2) is 54.0 Å². The Balaban J connectivity index is 1.46. The SMILES string of the molecule is CCC[C@H]1N(C(=O)c2ncccc2C(F)(F)F)CCC[C@@]1(Oc1csc(C(F)(F)F)c1)C(=O)N1CCC(C#N)(c2ccccc2OCCC[C@H](CC)C(C)C)CC1. The molecule has 3 aromatic rings. The Morgan fingerprint density at radius 2 is 1.74 bits per heavy atom. The van der Waals surface area contributed by atoms with Crippen molar-refractivity contribution in [3.05, 3.63) is 75.7 Å². The van der Waals surface area contributed by atoms with Gasteiger partial charge in [0.1, 0.15) is 22.1 Å². The summed E-state index contributed by atoms with van der Waals surface area (Å²) >= 11 is 0.388. The molecule has 0 radical (unpaired) electrons. The van der Waals surface area contributed by atoms with Crippen molar-refractivity contribution >= 4 is 23.2 Å². The van der Waals surface area contributed by atoms with Crippen LogP contribution >= 0.6 is 11.3 Å². The maximum Gasteiger partial charge on any atom is 0.425 e. The fraction of sp³-hybridized carbons (Fsp3) is 0.571. The number of hydrogen-bond donors (Lipinski definition) is 0. The largest absolute Gasteiger partial charge is 0.493 e. The number of carbonyl (C=O) groups is 2. The molecule has 2 amide bonds. The number of thiophene rings is 1. The lowest BCUT2D eigenvalue weighted by molar-refractivity contribution is -0.160. The number of hydrogen-bond acceptors (Lipinski definition) is 7. The number of likely N-dealkylation sites (tertiary alicyclic amines) is 2. The molecule has 2 fully saturated rings. The van der Waals surface area contributed by atoms with E-state index in [0.29, 0.717) is 47.5 Å². The Morgan fingerprint density at radius 3 is 2.35 bits per heavy atom. The van der Waals surface area contributed by atoms with Crippen molar-refractivity contribution in [2.45, 2.75) is 115 Å². The van der Waals surface area contributed by atoms with Crippen molar-refractivity contribution in [2.75, 3.05) is 26.2 Å². The Labute approximate surface area is 334 Å². The average Bonchev–Trinajstić information content (AvgIpc) is 3.67. The third kappa shape index (κ3) is 9.53. The second-order valence-electron chi connectivity index (χ2n) is 15.3. The first-order chi connectivity index (χ1) is 27.0. The topological polar surface area (TPSA) is 95.8 Å². The molecule has 3 atom stereocenters. The number of rotatable bonds is 14. The molecule has 2 saturated heterocycles. The molecule has 15 heteroatoms. The molecule has 4 heterocycles. The first-order valence-corrected chi connectivity index (χ1v) is 20.5. The lowest BCUT2D eigenvalue weighted by Gasteiger charge is -2.51. The number of alkyl halides is 6. The summed E-state index contributed by atoms with van der Waals surface area (Å²) in [6.45, 7) is 8.95.